The quantitative estimate of drug-likeness (QED) is 0.845. The van der Waals surface area contributed by atoms with Crippen LogP contribution in [0.5, 0.6) is 0 Å². The minimum atomic E-state index is 0.627. The molecule has 0 aliphatic carbocycles. The molecule has 1 aliphatic rings. The monoisotopic (exact) mass is 226 g/mol. The van der Waals surface area contributed by atoms with Crippen LogP contribution in [-0.2, 0) is 0 Å². The first-order valence-corrected chi connectivity index (χ1v) is 6.42. The molecule has 2 rings (SSSR count). The van der Waals surface area contributed by atoms with Crippen molar-refractivity contribution in [3.05, 3.63) is 6.33 Å². The molecule has 1 aliphatic heterocycles. The van der Waals surface area contributed by atoms with Gasteiger partial charge in [0.2, 0.25) is 5.13 Å². The van der Waals surface area contributed by atoms with Crippen LogP contribution in [0.3, 0.4) is 0 Å². The summed E-state index contributed by atoms with van der Waals surface area (Å²) < 4.78 is 4.05. The first kappa shape index (κ1) is 10.8. The molecule has 1 atom stereocenters. The second-order valence-corrected chi connectivity index (χ2v) is 4.67. The highest BCUT2D eigenvalue weighted by Gasteiger charge is 2.17. The van der Waals surface area contributed by atoms with Gasteiger partial charge in [-0.3, -0.25) is 0 Å². The van der Waals surface area contributed by atoms with Gasteiger partial charge in [0.25, 0.3) is 0 Å². The van der Waals surface area contributed by atoms with E-state index < -0.39 is 0 Å². The molecule has 0 saturated carbocycles. The Morgan fingerprint density at radius 3 is 3.13 bits per heavy atom. The minimum Gasteiger partial charge on any atom is -0.346 e. The summed E-state index contributed by atoms with van der Waals surface area (Å²) in [4.78, 5) is 6.56. The number of nitrogens with one attached hydrogen (secondary N) is 1. The molecule has 5 heteroatoms. The largest absolute Gasteiger partial charge is 0.346 e. The SMILES string of the molecule is CCN(CC1CCCCN1)c1ncns1. The Morgan fingerprint density at radius 1 is 1.60 bits per heavy atom. The third-order valence-electron chi connectivity index (χ3n) is 2.86. The van der Waals surface area contributed by atoms with Crippen molar-refractivity contribution in [2.24, 2.45) is 0 Å². The van der Waals surface area contributed by atoms with Crippen LogP contribution < -0.4 is 10.2 Å². The normalized spacial score (nSPS) is 21.5. The van der Waals surface area contributed by atoms with E-state index in [-0.39, 0.29) is 0 Å². The van der Waals surface area contributed by atoms with Crippen LogP contribution >= 0.6 is 11.5 Å². The van der Waals surface area contributed by atoms with Crippen molar-refractivity contribution in [2.75, 3.05) is 24.5 Å². The number of piperidine rings is 1. The third-order valence-corrected chi connectivity index (χ3v) is 3.58. The first-order valence-electron chi connectivity index (χ1n) is 5.65. The van der Waals surface area contributed by atoms with E-state index in [0.29, 0.717) is 6.04 Å². The molecule has 1 saturated heterocycles. The van der Waals surface area contributed by atoms with Gasteiger partial charge in [0, 0.05) is 30.7 Å². The van der Waals surface area contributed by atoms with Crippen molar-refractivity contribution < 1.29 is 0 Å². The van der Waals surface area contributed by atoms with Crippen LogP contribution in [-0.4, -0.2) is 35.0 Å². The molecule has 4 nitrogen and oxygen atoms in total. The van der Waals surface area contributed by atoms with Crippen LogP contribution in [0.15, 0.2) is 6.33 Å². The molecule has 1 unspecified atom stereocenters. The lowest BCUT2D eigenvalue weighted by Crippen LogP contribution is -2.43. The lowest BCUT2D eigenvalue weighted by atomic mass is 10.0. The van der Waals surface area contributed by atoms with Crippen molar-refractivity contribution in [1.82, 2.24) is 14.7 Å². The van der Waals surface area contributed by atoms with Gasteiger partial charge in [0.15, 0.2) is 0 Å². The standard InChI is InChI=1S/C10H18N4S/c1-2-14(10-12-8-13-15-10)7-9-5-3-4-6-11-9/h8-9,11H,2-7H2,1H3. The summed E-state index contributed by atoms with van der Waals surface area (Å²) in [6.45, 7) is 5.40. The minimum absolute atomic E-state index is 0.627. The number of anilines is 1. The molecule has 0 amide bonds. The van der Waals surface area contributed by atoms with Crippen LogP contribution in [0.4, 0.5) is 5.13 Å². The van der Waals surface area contributed by atoms with E-state index in [1.54, 1.807) is 6.33 Å². The van der Waals surface area contributed by atoms with Gasteiger partial charge in [0.1, 0.15) is 6.33 Å². The van der Waals surface area contributed by atoms with E-state index in [4.69, 9.17) is 0 Å². The highest BCUT2D eigenvalue weighted by atomic mass is 32.1. The van der Waals surface area contributed by atoms with Crippen LogP contribution in [0.2, 0.25) is 0 Å². The molecule has 0 aromatic carbocycles. The van der Waals surface area contributed by atoms with Gasteiger partial charge in [-0.2, -0.15) is 4.37 Å². The van der Waals surface area contributed by atoms with Crippen molar-refractivity contribution in [3.63, 3.8) is 0 Å². The molecule has 1 fully saturated rings. The molecule has 15 heavy (non-hydrogen) atoms. The Labute approximate surface area is 94.9 Å². The lowest BCUT2D eigenvalue weighted by Gasteiger charge is -2.29. The van der Waals surface area contributed by atoms with Crippen LogP contribution in [0, 0.1) is 0 Å². The number of likely N-dealkylation sites (N-methyl/N-ethyl adjacent to an activating group) is 1. The van der Waals surface area contributed by atoms with Gasteiger partial charge in [0.05, 0.1) is 0 Å². The van der Waals surface area contributed by atoms with E-state index >= 15 is 0 Å². The lowest BCUT2D eigenvalue weighted by molar-refractivity contribution is 0.400. The molecule has 0 spiro atoms. The average Bonchev–Trinajstić information content (AvgIpc) is 2.81. The molecular weight excluding hydrogens is 208 g/mol. The Kier molecular flexibility index (Phi) is 3.91. The predicted molar refractivity (Wildman–Crippen MR) is 63.4 cm³/mol. The summed E-state index contributed by atoms with van der Waals surface area (Å²) >= 11 is 1.48. The first-order chi connectivity index (χ1) is 7.40. The zero-order valence-corrected chi connectivity index (χ0v) is 9.96. The summed E-state index contributed by atoms with van der Waals surface area (Å²) in [6, 6.07) is 0.627. The van der Waals surface area contributed by atoms with Gasteiger partial charge in [-0.25, -0.2) is 4.98 Å². The maximum Gasteiger partial charge on any atom is 0.204 e. The maximum atomic E-state index is 4.26. The van der Waals surface area contributed by atoms with Gasteiger partial charge >= 0.3 is 0 Å². The van der Waals surface area contributed by atoms with E-state index in [2.05, 4.69) is 26.5 Å². The molecule has 1 aromatic heterocycles. The summed E-state index contributed by atoms with van der Waals surface area (Å²) in [5.74, 6) is 0. The van der Waals surface area contributed by atoms with Crippen molar-refractivity contribution in [3.8, 4) is 0 Å². The summed E-state index contributed by atoms with van der Waals surface area (Å²) in [7, 11) is 0. The zero-order valence-electron chi connectivity index (χ0n) is 9.15. The number of aromatic nitrogens is 2. The zero-order chi connectivity index (χ0) is 10.5. The predicted octanol–water partition coefficient (Wildman–Crippen LogP) is 1.51. The Morgan fingerprint density at radius 2 is 2.53 bits per heavy atom. The van der Waals surface area contributed by atoms with E-state index in [1.165, 1.54) is 37.3 Å². The van der Waals surface area contributed by atoms with Crippen LogP contribution in [0.25, 0.3) is 0 Å². The Bertz CT molecular complexity index is 269. The Hall–Kier alpha value is -0.680. The highest BCUT2D eigenvalue weighted by Crippen LogP contribution is 2.16. The van der Waals surface area contributed by atoms with E-state index in [9.17, 15) is 0 Å². The van der Waals surface area contributed by atoms with Crippen molar-refractivity contribution in [2.45, 2.75) is 32.2 Å². The highest BCUT2D eigenvalue weighted by molar-refractivity contribution is 7.09. The van der Waals surface area contributed by atoms with Crippen molar-refractivity contribution in [1.29, 1.82) is 0 Å². The second kappa shape index (κ2) is 5.42. The molecule has 84 valence electrons. The van der Waals surface area contributed by atoms with Gasteiger partial charge < -0.3 is 10.2 Å². The average molecular weight is 226 g/mol. The number of rotatable bonds is 4. The van der Waals surface area contributed by atoms with Gasteiger partial charge in [-0.05, 0) is 26.3 Å². The second-order valence-electron chi connectivity index (χ2n) is 3.91. The summed E-state index contributed by atoms with van der Waals surface area (Å²) in [6.07, 6.45) is 5.60. The number of nitrogens with zero attached hydrogens (tertiary/aromatic N) is 3. The molecule has 0 bridgehead atoms. The fourth-order valence-electron chi connectivity index (χ4n) is 1.99. The van der Waals surface area contributed by atoms with Gasteiger partial charge in [-0.1, -0.05) is 6.42 Å². The maximum absolute atomic E-state index is 4.26. The third kappa shape index (κ3) is 2.89. The van der Waals surface area contributed by atoms with Crippen molar-refractivity contribution >= 4 is 16.7 Å². The number of hydrogen-bond acceptors (Lipinski definition) is 5. The number of hydrogen-bond donors (Lipinski definition) is 1. The topological polar surface area (TPSA) is 41.0 Å². The Balaban J connectivity index is 1.90. The fraction of sp³-hybridized carbons (Fsp3) is 0.800. The van der Waals surface area contributed by atoms with E-state index in [0.717, 1.165) is 18.2 Å². The fourth-order valence-corrected chi connectivity index (χ4v) is 2.60. The summed E-state index contributed by atoms with van der Waals surface area (Å²) in [5.41, 5.74) is 0. The smallest absolute Gasteiger partial charge is 0.204 e. The summed E-state index contributed by atoms with van der Waals surface area (Å²) in [5, 5.41) is 4.61. The molecule has 1 aromatic rings. The van der Waals surface area contributed by atoms with E-state index in [1.807, 2.05) is 0 Å². The van der Waals surface area contributed by atoms with Crippen LogP contribution in [0.1, 0.15) is 26.2 Å². The molecule has 1 N–H and O–H groups in total. The molecule has 2 heterocycles. The molecule has 0 radical (unpaired) electrons. The molecular formula is C10H18N4S. The van der Waals surface area contributed by atoms with Gasteiger partial charge in [-0.15, -0.1) is 0 Å².